The lowest BCUT2D eigenvalue weighted by molar-refractivity contribution is 0.177. The molecule has 0 bridgehead atoms. The second-order valence-electron chi connectivity index (χ2n) is 6.53. The Balaban J connectivity index is 1.60. The quantitative estimate of drug-likeness (QED) is 0.782. The molecule has 0 N–H and O–H groups in total. The maximum absolute atomic E-state index is 14.0. The molecule has 1 fully saturated rings. The van der Waals surface area contributed by atoms with Crippen molar-refractivity contribution in [2.45, 2.75) is 38.6 Å². The smallest absolute Gasteiger partial charge is 0.128 e. The Morgan fingerprint density at radius 2 is 2.29 bits per heavy atom. The number of thiazole rings is 1. The topological polar surface area (TPSA) is 37.2 Å². The summed E-state index contributed by atoms with van der Waals surface area (Å²) in [4.78, 5) is 13.2. The van der Waals surface area contributed by atoms with Gasteiger partial charge in [-0.25, -0.2) is 14.4 Å². The predicted octanol–water partition coefficient (Wildman–Crippen LogP) is 2.88. The SMILES string of the molecule is Cc1nc(CN2C[C@@H](F)C[C@H]2CN(C)Cc2ncc(Cl)n2C)cs1. The van der Waals surface area contributed by atoms with Crippen LogP contribution in [0.1, 0.15) is 22.9 Å². The lowest BCUT2D eigenvalue weighted by atomic mass is 10.2. The number of imidazole rings is 1. The van der Waals surface area contributed by atoms with E-state index in [4.69, 9.17) is 11.6 Å². The third-order valence-corrected chi connectivity index (χ3v) is 5.64. The number of rotatable bonds is 6. The van der Waals surface area contributed by atoms with Crippen LogP contribution in [-0.2, 0) is 20.1 Å². The fraction of sp³-hybridized carbons (Fsp3) is 0.625. The van der Waals surface area contributed by atoms with Crippen LogP contribution in [0, 0.1) is 6.92 Å². The van der Waals surface area contributed by atoms with Gasteiger partial charge in [0.2, 0.25) is 0 Å². The zero-order valence-electron chi connectivity index (χ0n) is 14.2. The van der Waals surface area contributed by atoms with Crippen LogP contribution < -0.4 is 0 Å². The van der Waals surface area contributed by atoms with E-state index < -0.39 is 6.17 Å². The van der Waals surface area contributed by atoms with Gasteiger partial charge in [0.05, 0.1) is 23.4 Å². The van der Waals surface area contributed by atoms with Crippen LogP contribution in [0.15, 0.2) is 11.6 Å². The van der Waals surface area contributed by atoms with Gasteiger partial charge < -0.3 is 4.57 Å². The van der Waals surface area contributed by atoms with E-state index in [0.29, 0.717) is 24.7 Å². The molecule has 5 nitrogen and oxygen atoms in total. The van der Waals surface area contributed by atoms with Gasteiger partial charge in [0.25, 0.3) is 0 Å². The minimum atomic E-state index is -0.759. The molecule has 0 aromatic carbocycles. The first kappa shape index (κ1) is 17.8. The van der Waals surface area contributed by atoms with Crippen molar-refractivity contribution in [2.75, 3.05) is 20.1 Å². The molecule has 0 aliphatic carbocycles. The highest BCUT2D eigenvalue weighted by Crippen LogP contribution is 2.24. The second kappa shape index (κ2) is 7.47. The molecule has 0 unspecified atom stereocenters. The minimum absolute atomic E-state index is 0.197. The van der Waals surface area contributed by atoms with E-state index in [1.54, 1.807) is 17.5 Å². The van der Waals surface area contributed by atoms with E-state index in [9.17, 15) is 4.39 Å². The normalized spacial score (nSPS) is 21.9. The van der Waals surface area contributed by atoms with Crippen molar-refractivity contribution in [3.63, 3.8) is 0 Å². The molecule has 2 atom stereocenters. The van der Waals surface area contributed by atoms with Crippen molar-refractivity contribution in [1.82, 2.24) is 24.3 Å². The molecular weight excluding hydrogens is 349 g/mol. The number of halogens is 2. The fourth-order valence-electron chi connectivity index (χ4n) is 3.23. The third kappa shape index (κ3) is 4.14. The molecule has 0 saturated carbocycles. The monoisotopic (exact) mass is 371 g/mol. The number of aromatic nitrogens is 3. The van der Waals surface area contributed by atoms with Gasteiger partial charge in [-0.1, -0.05) is 11.6 Å². The Kier molecular flexibility index (Phi) is 5.54. The van der Waals surface area contributed by atoms with Crippen LogP contribution in [0.5, 0.6) is 0 Å². The van der Waals surface area contributed by atoms with Gasteiger partial charge in [0, 0.05) is 38.1 Å². The first-order chi connectivity index (χ1) is 11.4. The summed E-state index contributed by atoms with van der Waals surface area (Å²) in [5.74, 6) is 0.916. The predicted molar refractivity (Wildman–Crippen MR) is 95.1 cm³/mol. The van der Waals surface area contributed by atoms with Crippen LogP contribution in [0.2, 0.25) is 5.15 Å². The highest BCUT2D eigenvalue weighted by atomic mass is 35.5. The number of likely N-dealkylation sites (N-methyl/N-ethyl adjacent to an activating group) is 1. The molecule has 1 aliphatic rings. The molecule has 1 saturated heterocycles. The zero-order chi connectivity index (χ0) is 17.3. The number of nitrogens with zero attached hydrogens (tertiary/aromatic N) is 5. The van der Waals surface area contributed by atoms with Crippen LogP contribution in [0.3, 0.4) is 0 Å². The van der Waals surface area contributed by atoms with Gasteiger partial charge in [-0.15, -0.1) is 11.3 Å². The molecule has 0 radical (unpaired) electrons. The summed E-state index contributed by atoms with van der Waals surface area (Å²) in [7, 11) is 3.95. The maximum atomic E-state index is 14.0. The summed E-state index contributed by atoms with van der Waals surface area (Å²) in [6, 6.07) is 0.197. The van der Waals surface area contributed by atoms with Gasteiger partial charge in [-0.2, -0.15) is 0 Å². The summed E-state index contributed by atoms with van der Waals surface area (Å²) in [6.07, 6.45) is 1.48. The van der Waals surface area contributed by atoms with Crippen molar-refractivity contribution in [2.24, 2.45) is 7.05 Å². The second-order valence-corrected chi connectivity index (χ2v) is 7.98. The number of hydrogen-bond acceptors (Lipinski definition) is 5. The van der Waals surface area contributed by atoms with E-state index in [1.807, 2.05) is 25.6 Å². The Bertz CT molecular complexity index is 688. The van der Waals surface area contributed by atoms with Crippen molar-refractivity contribution in [3.8, 4) is 0 Å². The minimum Gasteiger partial charge on any atom is -0.321 e. The Labute approximate surface area is 151 Å². The summed E-state index contributed by atoms with van der Waals surface area (Å²) in [5, 5.41) is 3.75. The molecule has 132 valence electrons. The van der Waals surface area contributed by atoms with Crippen molar-refractivity contribution in [3.05, 3.63) is 33.3 Å². The van der Waals surface area contributed by atoms with E-state index in [-0.39, 0.29) is 6.04 Å². The van der Waals surface area contributed by atoms with Crippen molar-refractivity contribution in [1.29, 1.82) is 0 Å². The lowest BCUT2D eigenvalue weighted by Crippen LogP contribution is -2.38. The van der Waals surface area contributed by atoms with E-state index in [1.165, 1.54) is 0 Å². The van der Waals surface area contributed by atoms with E-state index in [2.05, 4.69) is 25.1 Å². The average Bonchev–Trinajstić information content (AvgIpc) is 3.16. The summed E-state index contributed by atoms with van der Waals surface area (Å²) >= 11 is 7.68. The van der Waals surface area contributed by atoms with Gasteiger partial charge >= 0.3 is 0 Å². The molecule has 3 heterocycles. The molecule has 24 heavy (non-hydrogen) atoms. The van der Waals surface area contributed by atoms with E-state index in [0.717, 1.165) is 29.6 Å². The number of hydrogen-bond donors (Lipinski definition) is 0. The molecule has 3 rings (SSSR count). The standard InChI is InChI=1S/C16H23ClFN5S/c1-11-20-13(10-24-11)7-23-6-12(18)4-14(23)8-21(2)9-16-19-5-15(17)22(16)3/h5,10,12,14H,4,6-9H2,1-3H3/t12-,14-/m0/s1. The number of alkyl halides is 1. The van der Waals surface area contributed by atoms with Gasteiger partial charge in [-0.3, -0.25) is 9.80 Å². The maximum Gasteiger partial charge on any atom is 0.128 e. The Hall–Kier alpha value is -1.02. The molecule has 2 aromatic heterocycles. The molecule has 1 aliphatic heterocycles. The Morgan fingerprint density at radius 1 is 1.50 bits per heavy atom. The summed E-state index contributed by atoms with van der Waals surface area (Å²) in [5.41, 5.74) is 1.04. The van der Waals surface area contributed by atoms with Crippen LogP contribution in [0.4, 0.5) is 4.39 Å². The van der Waals surface area contributed by atoms with Gasteiger partial charge in [0.1, 0.15) is 17.1 Å². The van der Waals surface area contributed by atoms with Gasteiger partial charge in [-0.05, 0) is 20.4 Å². The highest BCUT2D eigenvalue weighted by molar-refractivity contribution is 7.09. The average molecular weight is 372 g/mol. The largest absolute Gasteiger partial charge is 0.321 e. The number of aryl methyl sites for hydroxylation is 1. The lowest BCUT2D eigenvalue weighted by Gasteiger charge is -2.27. The molecule has 2 aromatic rings. The Morgan fingerprint density at radius 3 is 2.92 bits per heavy atom. The zero-order valence-corrected chi connectivity index (χ0v) is 15.8. The first-order valence-corrected chi connectivity index (χ1v) is 9.32. The molecule has 8 heteroatoms. The van der Waals surface area contributed by atoms with Crippen LogP contribution in [0.25, 0.3) is 0 Å². The number of likely N-dealkylation sites (tertiary alicyclic amines) is 1. The van der Waals surface area contributed by atoms with Crippen molar-refractivity contribution >= 4 is 22.9 Å². The summed E-state index contributed by atoms with van der Waals surface area (Å²) < 4.78 is 15.8. The van der Waals surface area contributed by atoms with E-state index >= 15 is 0 Å². The molecule has 0 amide bonds. The summed E-state index contributed by atoms with van der Waals surface area (Å²) in [6.45, 7) is 4.70. The molecular formula is C16H23ClFN5S. The fourth-order valence-corrected chi connectivity index (χ4v) is 3.98. The third-order valence-electron chi connectivity index (χ3n) is 4.47. The van der Waals surface area contributed by atoms with Gasteiger partial charge in [0.15, 0.2) is 0 Å². The highest BCUT2D eigenvalue weighted by Gasteiger charge is 2.33. The first-order valence-electron chi connectivity index (χ1n) is 8.06. The van der Waals surface area contributed by atoms with Crippen molar-refractivity contribution < 1.29 is 4.39 Å². The molecule has 0 spiro atoms. The van der Waals surface area contributed by atoms with Crippen LogP contribution in [-0.4, -0.2) is 56.7 Å². The van der Waals surface area contributed by atoms with Crippen LogP contribution >= 0.6 is 22.9 Å².